The number of anilines is 1. The second-order valence-electron chi connectivity index (χ2n) is 3.92. The number of benzene rings is 1. The number of methoxy groups -OCH3 is 1. The molecular weight excluding hydrogens is 251 g/mol. The Morgan fingerprint density at radius 3 is 2.68 bits per heavy atom. The van der Waals surface area contributed by atoms with E-state index in [2.05, 4.69) is 10.6 Å². The number of halogens is 1. The smallest absolute Gasteiger partial charge is 0.243 e. The van der Waals surface area contributed by atoms with Gasteiger partial charge in [-0.1, -0.05) is 6.92 Å². The molecule has 0 saturated heterocycles. The van der Waals surface area contributed by atoms with Gasteiger partial charge in [-0.25, -0.2) is 4.39 Å². The third kappa shape index (κ3) is 4.95. The van der Waals surface area contributed by atoms with E-state index >= 15 is 0 Å². The van der Waals surface area contributed by atoms with Crippen LogP contribution >= 0.6 is 0 Å². The van der Waals surface area contributed by atoms with Gasteiger partial charge in [0.25, 0.3) is 0 Å². The zero-order valence-electron chi connectivity index (χ0n) is 11.0. The number of hydrogen-bond donors (Lipinski definition) is 2. The van der Waals surface area contributed by atoms with E-state index in [4.69, 9.17) is 4.74 Å². The van der Waals surface area contributed by atoms with Gasteiger partial charge in [0, 0.05) is 12.5 Å². The molecule has 0 spiro atoms. The average Bonchev–Trinajstić information content (AvgIpc) is 2.39. The number of ether oxygens (including phenoxy) is 1. The van der Waals surface area contributed by atoms with Gasteiger partial charge >= 0.3 is 0 Å². The first kappa shape index (κ1) is 14.9. The van der Waals surface area contributed by atoms with Gasteiger partial charge in [-0.05, 0) is 18.6 Å². The lowest BCUT2D eigenvalue weighted by Crippen LogP contribution is -2.32. The number of carbonyl (C=O) groups is 2. The van der Waals surface area contributed by atoms with E-state index in [9.17, 15) is 14.0 Å². The third-order valence-corrected chi connectivity index (χ3v) is 2.36. The topological polar surface area (TPSA) is 67.4 Å². The summed E-state index contributed by atoms with van der Waals surface area (Å²) < 4.78 is 17.9. The molecule has 1 aromatic rings. The first-order valence-electron chi connectivity index (χ1n) is 5.97. The summed E-state index contributed by atoms with van der Waals surface area (Å²) in [5, 5.41) is 5.03. The summed E-state index contributed by atoms with van der Waals surface area (Å²) >= 11 is 0. The Balaban J connectivity index is 2.55. The standard InChI is InChI=1S/C13H17FN2O3/c1-3-4-12(17)15-8-13(18)16-10-6-5-9(14)7-11(10)19-2/h5-7H,3-4,8H2,1-2H3,(H,15,17)(H,16,18). The molecule has 1 aromatic carbocycles. The Labute approximate surface area is 111 Å². The summed E-state index contributed by atoms with van der Waals surface area (Å²) in [7, 11) is 1.38. The van der Waals surface area contributed by atoms with Gasteiger partial charge in [0.1, 0.15) is 11.6 Å². The van der Waals surface area contributed by atoms with Crippen LogP contribution in [0.15, 0.2) is 18.2 Å². The summed E-state index contributed by atoms with van der Waals surface area (Å²) in [5.41, 5.74) is 0.360. The second-order valence-corrected chi connectivity index (χ2v) is 3.92. The summed E-state index contributed by atoms with van der Waals surface area (Å²) in [4.78, 5) is 22.8. The monoisotopic (exact) mass is 268 g/mol. The predicted octanol–water partition coefficient (Wildman–Crippen LogP) is 1.69. The minimum absolute atomic E-state index is 0.126. The van der Waals surface area contributed by atoms with E-state index in [1.807, 2.05) is 6.92 Å². The van der Waals surface area contributed by atoms with E-state index in [1.165, 1.54) is 25.3 Å². The molecule has 0 aromatic heterocycles. The fourth-order valence-corrected chi connectivity index (χ4v) is 1.46. The average molecular weight is 268 g/mol. The van der Waals surface area contributed by atoms with E-state index in [0.717, 1.165) is 6.42 Å². The molecule has 0 heterocycles. The van der Waals surface area contributed by atoms with Gasteiger partial charge in [-0.2, -0.15) is 0 Å². The van der Waals surface area contributed by atoms with E-state index in [-0.39, 0.29) is 18.2 Å². The van der Waals surface area contributed by atoms with Crippen LogP contribution in [0.1, 0.15) is 19.8 Å². The molecule has 5 nitrogen and oxygen atoms in total. The van der Waals surface area contributed by atoms with Crippen molar-refractivity contribution in [3.8, 4) is 5.75 Å². The maximum atomic E-state index is 13.0. The normalized spacial score (nSPS) is 9.84. The molecular formula is C13H17FN2O3. The number of nitrogens with one attached hydrogen (secondary N) is 2. The van der Waals surface area contributed by atoms with Crippen molar-refractivity contribution in [2.45, 2.75) is 19.8 Å². The van der Waals surface area contributed by atoms with E-state index < -0.39 is 11.7 Å². The Hall–Kier alpha value is -2.11. The Morgan fingerprint density at radius 1 is 1.32 bits per heavy atom. The van der Waals surface area contributed by atoms with E-state index in [0.29, 0.717) is 12.1 Å². The van der Waals surface area contributed by atoms with Gasteiger partial charge in [0.05, 0.1) is 19.3 Å². The highest BCUT2D eigenvalue weighted by Crippen LogP contribution is 2.24. The van der Waals surface area contributed by atoms with Gasteiger partial charge in [0.2, 0.25) is 11.8 Å². The van der Waals surface area contributed by atoms with Crippen LogP contribution in [0.2, 0.25) is 0 Å². The van der Waals surface area contributed by atoms with Gasteiger partial charge in [0.15, 0.2) is 0 Å². The number of rotatable bonds is 6. The molecule has 0 bridgehead atoms. The second kappa shape index (κ2) is 7.35. The summed E-state index contributed by atoms with van der Waals surface area (Å²) in [5.74, 6) is -0.794. The highest BCUT2D eigenvalue weighted by atomic mass is 19.1. The summed E-state index contributed by atoms with van der Waals surface area (Å²) in [6, 6.07) is 3.79. The lowest BCUT2D eigenvalue weighted by atomic mass is 10.2. The molecule has 19 heavy (non-hydrogen) atoms. The largest absolute Gasteiger partial charge is 0.494 e. The first-order valence-corrected chi connectivity index (χ1v) is 5.97. The minimum Gasteiger partial charge on any atom is -0.494 e. The fraction of sp³-hybridized carbons (Fsp3) is 0.385. The van der Waals surface area contributed by atoms with Crippen LogP contribution in [0.3, 0.4) is 0 Å². The maximum absolute atomic E-state index is 13.0. The molecule has 1 rings (SSSR count). The van der Waals surface area contributed by atoms with Crippen molar-refractivity contribution < 1.29 is 18.7 Å². The van der Waals surface area contributed by atoms with Crippen LogP contribution in [0.25, 0.3) is 0 Å². The molecule has 0 atom stereocenters. The van der Waals surface area contributed by atoms with Crippen molar-refractivity contribution in [2.24, 2.45) is 0 Å². The van der Waals surface area contributed by atoms with Crippen molar-refractivity contribution in [1.29, 1.82) is 0 Å². The van der Waals surface area contributed by atoms with Crippen LogP contribution < -0.4 is 15.4 Å². The van der Waals surface area contributed by atoms with Crippen LogP contribution in [0.5, 0.6) is 5.75 Å². The first-order chi connectivity index (χ1) is 9.06. The van der Waals surface area contributed by atoms with Crippen LogP contribution in [-0.4, -0.2) is 25.5 Å². The number of amides is 2. The predicted molar refractivity (Wildman–Crippen MR) is 69.5 cm³/mol. The van der Waals surface area contributed by atoms with Gasteiger partial charge in [-0.15, -0.1) is 0 Å². The molecule has 0 fully saturated rings. The van der Waals surface area contributed by atoms with Crippen LogP contribution in [0.4, 0.5) is 10.1 Å². The SMILES string of the molecule is CCCC(=O)NCC(=O)Nc1ccc(F)cc1OC. The highest BCUT2D eigenvalue weighted by Gasteiger charge is 2.09. The minimum atomic E-state index is -0.453. The van der Waals surface area contributed by atoms with E-state index in [1.54, 1.807) is 0 Å². The van der Waals surface area contributed by atoms with Gasteiger partial charge < -0.3 is 15.4 Å². The van der Waals surface area contributed by atoms with Crippen molar-refractivity contribution in [3.05, 3.63) is 24.0 Å². The highest BCUT2D eigenvalue weighted by molar-refractivity contribution is 5.95. The lowest BCUT2D eigenvalue weighted by molar-refractivity contribution is -0.124. The molecule has 6 heteroatoms. The van der Waals surface area contributed by atoms with Crippen LogP contribution in [0, 0.1) is 5.82 Å². The van der Waals surface area contributed by atoms with Crippen molar-refractivity contribution in [2.75, 3.05) is 19.0 Å². The molecule has 2 amide bonds. The molecule has 0 aliphatic rings. The maximum Gasteiger partial charge on any atom is 0.243 e. The Bertz CT molecular complexity index is 463. The van der Waals surface area contributed by atoms with Crippen molar-refractivity contribution in [1.82, 2.24) is 5.32 Å². The van der Waals surface area contributed by atoms with Gasteiger partial charge in [-0.3, -0.25) is 9.59 Å². The Kier molecular flexibility index (Phi) is 5.78. The zero-order chi connectivity index (χ0) is 14.3. The Morgan fingerprint density at radius 2 is 2.05 bits per heavy atom. The molecule has 104 valence electrons. The van der Waals surface area contributed by atoms with Crippen LogP contribution in [-0.2, 0) is 9.59 Å². The molecule has 0 saturated carbocycles. The number of carbonyl (C=O) groups excluding carboxylic acids is 2. The number of hydrogen-bond acceptors (Lipinski definition) is 3. The third-order valence-electron chi connectivity index (χ3n) is 2.36. The van der Waals surface area contributed by atoms with Crippen molar-refractivity contribution >= 4 is 17.5 Å². The summed E-state index contributed by atoms with van der Waals surface area (Å²) in [6.45, 7) is 1.75. The quantitative estimate of drug-likeness (QED) is 0.825. The molecule has 0 radical (unpaired) electrons. The molecule has 0 aliphatic carbocycles. The zero-order valence-corrected chi connectivity index (χ0v) is 11.0. The lowest BCUT2D eigenvalue weighted by Gasteiger charge is -2.10. The van der Waals surface area contributed by atoms with Crippen molar-refractivity contribution in [3.63, 3.8) is 0 Å². The fourth-order valence-electron chi connectivity index (χ4n) is 1.46. The molecule has 0 aliphatic heterocycles. The molecule has 2 N–H and O–H groups in total. The summed E-state index contributed by atoms with van der Waals surface area (Å²) in [6.07, 6.45) is 1.10. The molecule has 0 unspecified atom stereocenters.